The number of hydrogen-bond acceptors (Lipinski definition) is 3. The highest BCUT2D eigenvalue weighted by molar-refractivity contribution is 5.47. The van der Waals surface area contributed by atoms with Crippen LogP contribution in [0.15, 0.2) is 18.3 Å². The molecule has 3 rings (SSSR count). The predicted molar refractivity (Wildman–Crippen MR) is 75.0 cm³/mol. The molecule has 0 amide bonds. The summed E-state index contributed by atoms with van der Waals surface area (Å²) in [5.41, 5.74) is 1.31. The third-order valence-electron chi connectivity index (χ3n) is 4.37. The minimum absolute atomic E-state index is 0.648. The summed E-state index contributed by atoms with van der Waals surface area (Å²) >= 11 is 0. The molecule has 0 spiro atoms. The standard InChI is InChI=1S/C15H23N3/c1-12-6-4-10-17-15(12)18-11-3-2-8-14(18)13-7-5-9-16-13/h4,6,10,13-14,16H,2-3,5,7-9,11H2,1H3. The van der Waals surface area contributed by atoms with Crippen molar-refractivity contribution in [2.24, 2.45) is 0 Å². The van der Waals surface area contributed by atoms with Crippen LogP contribution in [-0.4, -0.2) is 30.2 Å². The van der Waals surface area contributed by atoms with Crippen LogP contribution in [0.25, 0.3) is 0 Å². The molecule has 2 saturated heterocycles. The lowest BCUT2D eigenvalue weighted by atomic mass is 9.94. The molecule has 0 saturated carbocycles. The van der Waals surface area contributed by atoms with Gasteiger partial charge < -0.3 is 10.2 Å². The highest BCUT2D eigenvalue weighted by Gasteiger charge is 2.32. The number of nitrogens with zero attached hydrogens (tertiary/aromatic N) is 2. The van der Waals surface area contributed by atoms with E-state index in [9.17, 15) is 0 Å². The molecule has 3 heteroatoms. The van der Waals surface area contributed by atoms with Gasteiger partial charge in [0.15, 0.2) is 0 Å². The van der Waals surface area contributed by atoms with Crippen LogP contribution in [0, 0.1) is 6.92 Å². The maximum atomic E-state index is 4.62. The Morgan fingerprint density at radius 3 is 3.00 bits per heavy atom. The predicted octanol–water partition coefficient (Wildman–Crippen LogP) is 2.50. The number of rotatable bonds is 2. The van der Waals surface area contributed by atoms with Crippen LogP contribution < -0.4 is 10.2 Å². The average molecular weight is 245 g/mol. The molecule has 1 aromatic heterocycles. The molecule has 2 fully saturated rings. The normalized spacial score (nSPS) is 28.6. The first-order chi connectivity index (χ1) is 8.86. The van der Waals surface area contributed by atoms with E-state index in [0.29, 0.717) is 12.1 Å². The van der Waals surface area contributed by atoms with E-state index < -0.39 is 0 Å². The van der Waals surface area contributed by atoms with E-state index in [1.807, 2.05) is 12.3 Å². The first-order valence-electron chi connectivity index (χ1n) is 7.28. The molecule has 2 unspecified atom stereocenters. The van der Waals surface area contributed by atoms with Crippen LogP contribution in [0.3, 0.4) is 0 Å². The van der Waals surface area contributed by atoms with Crippen molar-refractivity contribution in [1.29, 1.82) is 0 Å². The molecule has 2 atom stereocenters. The summed E-state index contributed by atoms with van der Waals surface area (Å²) < 4.78 is 0. The molecule has 1 N–H and O–H groups in total. The number of aryl methyl sites for hydroxylation is 1. The van der Waals surface area contributed by atoms with Crippen molar-refractivity contribution in [3.05, 3.63) is 23.9 Å². The van der Waals surface area contributed by atoms with Gasteiger partial charge in [0.2, 0.25) is 0 Å². The average Bonchev–Trinajstić information content (AvgIpc) is 2.93. The number of hydrogen-bond donors (Lipinski definition) is 1. The Bertz CT molecular complexity index is 398. The summed E-state index contributed by atoms with van der Waals surface area (Å²) in [4.78, 5) is 7.18. The highest BCUT2D eigenvalue weighted by Crippen LogP contribution is 2.29. The summed E-state index contributed by atoms with van der Waals surface area (Å²) in [7, 11) is 0. The Kier molecular flexibility index (Phi) is 3.50. The second kappa shape index (κ2) is 5.27. The van der Waals surface area contributed by atoms with Crippen LogP contribution in [0.5, 0.6) is 0 Å². The smallest absolute Gasteiger partial charge is 0.131 e. The molecular weight excluding hydrogens is 222 g/mol. The quantitative estimate of drug-likeness (QED) is 0.867. The van der Waals surface area contributed by atoms with Gasteiger partial charge in [-0.15, -0.1) is 0 Å². The summed E-state index contributed by atoms with van der Waals surface area (Å²) in [5.74, 6) is 1.20. The molecule has 0 aromatic carbocycles. The molecule has 0 radical (unpaired) electrons. The van der Waals surface area contributed by atoms with Gasteiger partial charge in [0.05, 0.1) is 0 Å². The van der Waals surface area contributed by atoms with Crippen LogP contribution in [0.2, 0.25) is 0 Å². The first kappa shape index (κ1) is 12.0. The van der Waals surface area contributed by atoms with E-state index in [-0.39, 0.29) is 0 Å². The number of nitrogens with one attached hydrogen (secondary N) is 1. The minimum Gasteiger partial charge on any atom is -0.352 e. The third-order valence-corrected chi connectivity index (χ3v) is 4.37. The topological polar surface area (TPSA) is 28.2 Å². The molecule has 98 valence electrons. The Morgan fingerprint density at radius 2 is 2.22 bits per heavy atom. The fourth-order valence-electron chi connectivity index (χ4n) is 3.46. The van der Waals surface area contributed by atoms with Gasteiger partial charge in [0.1, 0.15) is 5.82 Å². The third kappa shape index (κ3) is 2.24. The molecule has 0 bridgehead atoms. The fraction of sp³-hybridized carbons (Fsp3) is 0.667. The Balaban J connectivity index is 1.85. The molecule has 3 nitrogen and oxygen atoms in total. The first-order valence-corrected chi connectivity index (χ1v) is 7.28. The van der Waals surface area contributed by atoms with E-state index in [4.69, 9.17) is 0 Å². The van der Waals surface area contributed by atoms with Gasteiger partial charge >= 0.3 is 0 Å². The lowest BCUT2D eigenvalue weighted by Gasteiger charge is -2.40. The molecule has 2 aliphatic rings. The zero-order valence-electron chi connectivity index (χ0n) is 11.2. The maximum Gasteiger partial charge on any atom is 0.131 e. The Hall–Kier alpha value is -1.09. The Labute approximate surface area is 110 Å². The van der Waals surface area contributed by atoms with Crippen molar-refractivity contribution in [3.8, 4) is 0 Å². The minimum atomic E-state index is 0.648. The summed E-state index contributed by atoms with van der Waals surface area (Å²) in [6.45, 7) is 4.53. The van der Waals surface area contributed by atoms with E-state index in [2.05, 4.69) is 28.2 Å². The van der Waals surface area contributed by atoms with Gasteiger partial charge in [-0.3, -0.25) is 0 Å². The van der Waals surface area contributed by atoms with Crippen LogP contribution in [0.4, 0.5) is 5.82 Å². The van der Waals surface area contributed by atoms with Crippen molar-refractivity contribution in [2.45, 2.75) is 51.1 Å². The maximum absolute atomic E-state index is 4.62. The zero-order valence-corrected chi connectivity index (χ0v) is 11.2. The largest absolute Gasteiger partial charge is 0.352 e. The van der Waals surface area contributed by atoms with Crippen molar-refractivity contribution >= 4 is 5.82 Å². The van der Waals surface area contributed by atoms with E-state index in [1.54, 1.807) is 0 Å². The van der Waals surface area contributed by atoms with Gasteiger partial charge in [-0.2, -0.15) is 0 Å². The molecular formula is C15H23N3. The second-order valence-electron chi connectivity index (χ2n) is 5.60. The molecule has 18 heavy (non-hydrogen) atoms. The fourth-order valence-corrected chi connectivity index (χ4v) is 3.46. The number of anilines is 1. The van der Waals surface area contributed by atoms with Gasteiger partial charge in [0, 0.05) is 24.8 Å². The van der Waals surface area contributed by atoms with Crippen molar-refractivity contribution in [1.82, 2.24) is 10.3 Å². The summed E-state index contributed by atoms with van der Waals surface area (Å²) in [6, 6.07) is 5.53. The zero-order chi connectivity index (χ0) is 12.4. The molecule has 2 aliphatic heterocycles. The van der Waals surface area contributed by atoms with E-state index in [1.165, 1.54) is 56.6 Å². The van der Waals surface area contributed by atoms with Crippen molar-refractivity contribution < 1.29 is 0 Å². The number of aromatic nitrogens is 1. The molecule has 0 aliphatic carbocycles. The Morgan fingerprint density at radius 1 is 1.28 bits per heavy atom. The van der Waals surface area contributed by atoms with Gasteiger partial charge in [0.25, 0.3) is 0 Å². The second-order valence-corrected chi connectivity index (χ2v) is 5.60. The highest BCUT2D eigenvalue weighted by atomic mass is 15.2. The van der Waals surface area contributed by atoms with E-state index >= 15 is 0 Å². The van der Waals surface area contributed by atoms with Crippen molar-refractivity contribution in [3.63, 3.8) is 0 Å². The molecule has 3 heterocycles. The van der Waals surface area contributed by atoms with Crippen LogP contribution >= 0.6 is 0 Å². The lowest BCUT2D eigenvalue weighted by Crippen LogP contribution is -2.50. The van der Waals surface area contributed by atoms with Gasteiger partial charge in [-0.1, -0.05) is 6.07 Å². The lowest BCUT2D eigenvalue weighted by molar-refractivity contribution is 0.376. The van der Waals surface area contributed by atoms with Gasteiger partial charge in [-0.25, -0.2) is 4.98 Å². The van der Waals surface area contributed by atoms with Crippen LogP contribution in [0.1, 0.15) is 37.7 Å². The number of piperidine rings is 1. The number of pyridine rings is 1. The van der Waals surface area contributed by atoms with Gasteiger partial charge in [-0.05, 0) is 57.2 Å². The van der Waals surface area contributed by atoms with Crippen molar-refractivity contribution in [2.75, 3.05) is 18.0 Å². The van der Waals surface area contributed by atoms with Crippen LogP contribution in [-0.2, 0) is 0 Å². The summed E-state index contributed by atoms with van der Waals surface area (Å²) in [5, 5.41) is 3.68. The SMILES string of the molecule is Cc1cccnc1N1CCCCC1C1CCCN1. The van der Waals surface area contributed by atoms with E-state index in [0.717, 1.165) is 0 Å². The molecule has 1 aromatic rings. The summed E-state index contributed by atoms with van der Waals surface area (Å²) in [6.07, 6.45) is 8.57. The monoisotopic (exact) mass is 245 g/mol.